The van der Waals surface area contributed by atoms with E-state index in [1.807, 2.05) is 0 Å². The summed E-state index contributed by atoms with van der Waals surface area (Å²) < 4.78 is 0. The van der Waals surface area contributed by atoms with Crippen molar-refractivity contribution in [3.8, 4) is 0 Å². The quantitative estimate of drug-likeness (QED) is 0.523. The van der Waals surface area contributed by atoms with Crippen LogP contribution in [0.5, 0.6) is 0 Å². The van der Waals surface area contributed by atoms with Crippen LogP contribution in [0.1, 0.15) is 43.2 Å². The van der Waals surface area contributed by atoms with Crippen molar-refractivity contribution in [3.05, 3.63) is 35.4 Å². The maximum atomic E-state index is 10.3. The van der Waals surface area contributed by atoms with Crippen LogP contribution in [0.2, 0.25) is 0 Å². The van der Waals surface area contributed by atoms with Crippen LogP contribution in [0, 0.1) is 12.3 Å². The van der Waals surface area contributed by atoms with Crippen molar-refractivity contribution in [1.29, 1.82) is 0 Å². The normalized spacial score (nSPS) is 17.1. The maximum absolute atomic E-state index is 10.3. The second kappa shape index (κ2) is 4.82. The first-order chi connectivity index (χ1) is 7.76. The zero-order valence-corrected chi connectivity index (χ0v) is 10.0. The Hall–Kier alpha value is -1.11. The largest absolute Gasteiger partial charge is 0.303 e. The smallest absolute Gasteiger partial charge is 0.119 e. The van der Waals surface area contributed by atoms with E-state index in [-0.39, 0.29) is 0 Å². The molecule has 1 saturated carbocycles. The lowest BCUT2D eigenvalue weighted by atomic mass is 9.89. The van der Waals surface area contributed by atoms with E-state index < -0.39 is 0 Å². The van der Waals surface area contributed by atoms with Gasteiger partial charge in [0, 0.05) is 6.42 Å². The zero-order chi connectivity index (χ0) is 11.4. The number of carbonyl (C=O) groups excluding carboxylic acids is 1. The number of carbonyl (C=O) groups is 1. The van der Waals surface area contributed by atoms with Crippen LogP contribution >= 0.6 is 0 Å². The monoisotopic (exact) mass is 216 g/mol. The van der Waals surface area contributed by atoms with Crippen LogP contribution in [0.4, 0.5) is 0 Å². The first-order valence-electron chi connectivity index (χ1n) is 6.24. The van der Waals surface area contributed by atoms with Gasteiger partial charge in [0.05, 0.1) is 0 Å². The van der Waals surface area contributed by atoms with Gasteiger partial charge in [-0.2, -0.15) is 0 Å². The lowest BCUT2D eigenvalue weighted by Crippen LogP contribution is -2.06. The van der Waals surface area contributed by atoms with Crippen LogP contribution in [-0.4, -0.2) is 6.29 Å². The fourth-order valence-corrected chi connectivity index (χ4v) is 2.46. The van der Waals surface area contributed by atoms with E-state index in [0.717, 1.165) is 19.1 Å². The Labute approximate surface area is 97.9 Å². The van der Waals surface area contributed by atoms with Gasteiger partial charge in [-0.25, -0.2) is 0 Å². The fraction of sp³-hybridized carbons (Fsp3) is 0.533. The number of hydrogen-bond acceptors (Lipinski definition) is 1. The third-order valence-corrected chi connectivity index (χ3v) is 3.81. The Morgan fingerprint density at radius 1 is 1.31 bits per heavy atom. The van der Waals surface area contributed by atoms with Gasteiger partial charge < -0.3 is 4.79 Å². The minimum Gasteiger partial charge on any atom is -0.303 e. The molecule has 1 fully saturated rings. The molecular formula is C15H20O. The van der Waals surface area contributed by atoms with E-state index in [1.165, 1.54) is 36.8 Å². The summed E-state index contributed by atoms with van der Waals surface area (Å²) >= 11 is 0. The molecule has 0 aliphatic heterocycles. The Bertz CT molecular complexity index is 363. The van der Waals surface area contributed by atoms with E-state index in [9.17, 15) is 4.79 Å². The number of aldehydes is 1. The molecule has 1 aromatic carbocycles. The topological polar surface area (TPSA) is 17.1 Å². The van der Waals surface area contributed by atoms with Gasteiger partial charge in [0.2, 0.25) is 0 Å². The third kappa shape index (κ3) is 2.72. The van der Waals surface area contributed by atoms with Crippen LogP contribution < -0.4 is 0 Å². The van der Waals surface area contributed by atoms with Crippen LogP contribution in [0.3, 0.4) is 0 Å². The summed E-state index contributed by atoms with van der Waals surface area (Å²) in [6, 6.07) is 8.67. The minimum atomic E-state index is 0.537. The maximum Gasteiger partial charge on any atom is 0.119 e. The summed E-state index contributed by atoms with van der Waals surface area (Å²) in [7, 11) is 0. The Balaban J connectivity index is 1.94. The van der Waals surface area contributed by atoms with Gasteiger partial charge >= 0.3 is 0 Å². The van der Waals surface area contributed by atoms with Crippen molar-refractivity contribution >= 4 is 6.29 Å². The summed E-state index contributed by atoms with van der Waals surface area (Å²) in [5.41, 5.74) is 3.44. The highest BCUT2D eigenvalue weighted by Crippen LogP contribution is 2.52. The molecule has 1 aliphatic rings. The molecule has 0 atom stereocenters. The van der Waals surface area contributed by atoms with Crippen molar-refractivity contribution < 1.29 is 4.79 Å². The lowest BCUT2D eigenvalue weighted by Gasteiger charge is -2.15. The molecule has 0 bridgehead atoms. The van der Waals surface area contributed by atoms with E-state index in [1.54, 1.807) is 0 Å². The van der Waals surface area contributed by atoms with Crippen molar-refractivity contribution in [1.82, 2.24) is 0 Å². The molecule has 0 aromatic heterocycles. The number of aryl methyl sites for hydroxylation is 1. The van der Waals surface area contributed by atoms with Gasteiger partial charge in [-0.15, -0.1) is 0 Å². The molecular weight excluding hydrogens is 196 g/mol. The Morgan fingerprint density at radius 3 is 2.69 bits per heavy atom. The molecule has 0 saturated heterocycles. The van der Waals surface area contributed by atoms with Crippen molar-refractivity contribution in [2.45, 2.75) is 45.4 Å². The van der Waals surface area contributed by atoms with E-state index in [4.69, 9.17) is 0 Å². The highest BCUT2D eigenvalue weighted by Gasteiger charge is 2.41. The minimum absolute atomic E-state index is 0.537. The summed E-state index contributed by atoms with van der Waals surface area (Å²) in [6.07, 6.45) is 7.97. The molecule has 0 spiro atoms. The molecule has 16 heavy (non-hydrogen) atoms. The van der Waals surface area contributed by atoms with Gasteiger partial charge in [-0.3, -0.25) is 0 Å². The van der Waals surface area contributed by atoms with Crippen molar-refractivity contribution in [2.75, 3.05) is 0 Å². The van der Waals surface area contributed by atoms with E-state index >= 15 is 0 Å². The van der Waals surface area contributed by atoms with Gasteiger partial charge in [0.25, 0.3) is 0 Å². The molecule has 1 aliphatic carbocycles. The molecule has 1 nitrogen and oxygen atoms in total. The molecule has 0 N–H and O–H groups in total. The Morgan fingerprint density at radius 2 is 2.06 bits per heavy atom. The number of unbranched alkanes of at least 4 members (excludes halogenated alkanes) is 1. The summed E-state index contributed by atoms with van der Waals surface area (Å²) in [4.78, 5) is 10.3. The SMILES string of the molecule is Cc1ccccc1CC1(CCCC=O)CC1. The van der Waals surface area contributed by atoms with Crippen LogP contribution in [0.25, 0.3) is 0 Å². The third-order valence-electron chi connectivity index (χ3n) is 3.81. The predicted molar refractivity (Wildman–Crippen MR) is 66.5 cm³/mol. The molecule has 0 radical (unpaired) electrons. The number of rotatable bonds is 6. The second-order valence-corrected chi connectivity index (χ2v) is 5.16. The zero-order valence-electron chi connectivity index (χ0n) is 10.0. The molecule has 0 amide bonds. The average molecular weight is 216 g/mol. The average Bonchev–Trinajstić information content (AvgIpc) is 3.03. The van der Waals surface area contributed by atoms with Gasteiger partial charge in [-0.1, -0.05) is 24.3 Å². The van der Waals surface area contributed by atoms with Crippen molar-refractivity contribution in [3.63, 3.8) is 0 Å². The molecule has 1 aromatic rings. The van der Waals surface area contributed by atoms with Crippen LogP contribution in [-0.2, 0) is 11.2 Å². The standard InChI is InChI=1S/C15H20O/c1-13-6-2-3-7-14(13)12-15(9-10-15)8-4-5-11-16/h2-3,6-7,11H,4-5,8-10,12H2,1H3. The molecule has 0 unspecified atom stereocenters. The second-order valence-electron chi connectivity index (χ2n) is 5.16. The molecule has 2 rings (SSSR count). The predicted octanol–water partition coefficient (Wildman–Crippen LogP) is 3.69. The molecule has 86 valence electrons. The summed E-state index contributed by atoms with van der Waals surface area (Å²) in [6.45, 7) is 2.19. The first-order valence-corrected chi connectivity index (χ1v) is 6.24. The van der Waals surface area contributed by atoms with E-state index in [2.05, 4.69) is 31.2 Å². The number of hydrogen-bond donors (Lipinski definition) is 0. The molecule has 0 heterocycles. The lowest BCUT2D eigenvalue weighted by molar-refractivity contribution is -0.108. The van der Waals surface area contributed by atoms with Gasteiger partial charge in [0.15, 0.2) is 0 Å². The highest BCUT2D eigenvalue weighted by atomic mass is 16.1. The van der Waals surface area contributed by atoms with Crippen LogP contribution in [0.15, 0.2) is 24.3 Å². The first kappa shape index (κ1) is 11.4. The van der Waals surface area contributed by atoms with Gasteiger partial charge in [0.1, 0.15) is 6.29 Å². The van der Waals surface area contributed by atoms with Crippen molar-refractivity contribution in [2.24, 2.45) is 5.41 Å². The fourth-order valence-electron chi connectivity index (χ4n) is 2.46. The number of benzene rings is 1. The highest BCUT2D eigenvalue weighted by molar-refractivity contribution is 5.49. The van der Waals surface area contributed by atoms with E-state index in [0.29, 0.717) is 5.41 Å². The summed E-state index contributed by atoms with van der Waals surface area (Å²) in [5.74, 6) is 0. The molecule has 1 heteroatoms. The van der Waals surface area contributed by atoms with Gasteiger partial charge in [-0.05, 0) is 55.6 Å². The summed E-state index contributed by atoms with van der Waals surface area (Å²) in [5, 5.41) is 0. The Kier molecular flexibility index (Phi) is 3.42.